The van der Waals surface area contributed by atoms with Crippen LogP contribution in [0.5, 0.6) is 0 Å². The van der Waals surface area contributed by atoms with E-state index in [9.17, 15) is 13.2 Å². The highest BCUT2D eigenvalue weighted by Crippen LogP contribution is 2.39. The second-order valence-electron chi connectivity index (χ2n) is 8.87. The highest BCUT2D eigenvalue weighted by atomic mass is 19.2. The van der Waals surface area contributed by atoms with Gasteiger partial charge in [0.1, 0.15) is 11.6 Å². The van der Waals surface area contributed by atoms with Crippen molar-refractivity contribution in [2.45, 2.75) is 51.4 Å². The summed E-state index contributed by atoms with van der Waals surface area (Å²) in [5.74, 6) is -1.21. The van der Waals surface area contributed by atoms with Crippen molar-refractivity contribution in [3.8, 4) is 11.1 Å². The molecule has 0 aromatic heterocycles. The average molecular weight is 467 g/mol. The quantitative estimate of drug-likeness (QED) is 0.193. The van der Waals surface area contributed by atoms with Crippen LogP contribution in [-0.4, -0.2) is 6.61 Å². The van der Waals surface area contributed by atoms with Crippen LogP contribution >= 0.6 is 0 Å². The molecule has 3 rings (SSSR count). The van der Waals surface area contributed by atoms with E-state index < -0.39 is 17.5 Å². The summed E-state index contributed by atoms with van der Waals surface area (Å²) in [6.07, 6.45) is 7.82. The lowest BCUT2D eigenvalue weighted by Crippen LogP contribution is -2.13. The molecule has 0 spiro atoms. The molecular formula is C30H33F3O. The van der Waals surface area contributed by atoms with E-state index >= 15 is 0 Å². The van der Waals surface area contributed by atoms with E-state index in [4.69, 9.17) is 4.74 Å². The standard InChI is InChI=1S/C30H33F3O/c1-5-22-9-13-24(14-10-22)26-17-18-27(30(33)29(26)32)25-15-11-23(12-16-25)8-7-20(3)28(31)19-21(4)34-6-2/h5,11-12,15-19,22,24H,1,3-4,6-10,13-14H2,2H3/b28-19+. The van der Waals surface area contributed by atoms with Crippen LogP contribution in [0.1, 0.15) is 56.1 Å². The van der Waals surface area contributed by atoms with Crippen molar-refractivity contribution in [2.75, 3.05) is 6.61 Å². The molecule has 180 valence electrons. The Hall–Kier alpha value is -3.01. The van der Waals surface area contributed by atoms with Gasteiger partial charge in [-0.25, -0.2) is 13.2 Å². The molecule has 0 unspecified atom stereocenters. The fraction of sp³-hybridized carbons (Fsp3) is 0.333. The Balaban J connectivity index is 1.65. The van der Waals surface area contributed by atoms with Gasteiger partial charge in [0.25, 0.3) is 0 Å². The minimum atomic E-state index is -0.800. The van der Waals surface area contributed by atoms with Crippen LogP contribution in [0.25, 0.3) is 11.1 Å². The van der Waals surface area contributed by atoms with Crippen LogP contribution in [-0.2, 0) is 11.2 Å². The van der Waals surface area contributed by atoms with Gasteiger partial charge in [-0.3, -0.25) is 0 Å². The third-order valence-electron chi connectivity index (χ3n) is 6.59. The summed E-state index contributed by atoms with van der Waals surface area (Å²) in [4.78, 5) is 0. The van der Waals surface area contributed by atoms with Crippen molar-refractivity contribution in [3.05, 3.63) is 108 Å². The molecule has 1 fully saturated rings. The van der Waals surface area contributed by atoms with Crippen molar-refractivity contribution >= 4 is 0 Å². The largest absolute Gasteiger partial charge is 0.494 e. The van der Waals surface area contributed by atoms with Crippen LogP contribution < -0.4 is 0 Å². The highest BCUT2D eigenvalue weighted by Gasteiger charge is 2.25. The zero-order chi connectivity index (χ0) is 24.7. The molecule has 34 heavy (non-hydrogen) atoms. The van der Waals surface area contributed by atoms with Gasteiger partial charge in [0.15, 0.2) is 11.6 Å². The summed E-state index contributed by atoms with van der Waals surface area (Å²) in [7, 11) is 0. The van der Waals surface area contributed by atoms with Gasteiger partial charge in [-0.05, 0) is 79.5 Å². The smallest absolute Gasteiger partial charge is 0.166 e. The number of ether oxygens (including phenoxy) is 1. The zero-order valence-corrected chi connectivity index (χ0v) is 19.9. The van der Waals surface area contributed by atoms with E-state index in [1.165, 1.54) is 6.08 Å². The van der Waals surface area contributed by atoms with Crippen LogP contribution in [0.4, 0.5) is 13.2 Å². The van der Waals surface area contributed by atoms with Gasteiger partial charge in [0.2, 0.25) is 0 Å². The summed E-state index contributed by atoms with van der Waals surface area (Å²) >= 11 is 0. The van der Waals surface area contributed by atoms with Crippen LogP contribution in [0.15, 0.2) is 85.4 Å². The molecule has 4 heteroatoms. The van der Waals surface area contributed by atoms with E-state index in [0.717, 1.165) is 31.2 Å². The molecule has 0 N–H and O–H groups in total. The SMILES string of the molecule is C=CC1CCC(c2ccc(-c3ccc(CCC(=C)/C(F)=C\C(=C)OCC)cc3)c(F)c2F)CC1. The van der Waals surface area contributed by atoms with Crippen molar-refractivity contribution in [3.63, 3.8) is 0 Å². The average Bonchev–Trinajstić information content (AvgIpc) is 2.85. The van der Waals surface area contributed by atoms with Crippen molar-refractivity contribution < 1.29 is 17.9 Å². The fourth-order valence-electron chi connectivity index (χ4n) is 4.50. The normalized spacial score (nSPS) is 18.4. The molecule has 0 aliphatic heterocycles. The number of hydrogen-bond donors (Lipinski definition) is 0. The zero-order valence-electron chi connectivity index (χ0n) is 19.9. The van der Waals surface area contributed by atoms with E-state index in [2.05, 4.69) is 19.7 Å². The molecule has 1 aliphatic rings. The van der Waals surface area contributed by atoms with E-state index in [0.29, 0.717) is 42.1 Å². The Labute approximate surface area is 201 Å². The first-order valence-electron chi connectivity index (χ1n) is 11.9. The summed E-state index contributed by atoms with van der Waals surface area (Å²) < 4.78 is 49.3. The predicted octanol–water partition coefficient (Wildman–Crippen LogP) is 8.98. The fourth-order valence-corrected chi connectivity index (χ4v) is 4.50. The maximum absolute atomic E-state index is 15.0. The number of halogens is 3. The Bertz CT molecular complexity index is 1060. The van der Waals surface area contributed by atoms with Crippen molar-refractivity contribution in [1.82, 2.24) is 0 Å². The first-order valence-corrected chi connectivity index (χ1v) is 11.9. The van der Waals surface area contributed by atoms with E-state index in [-0.39, 0.29) is 17.2 Å². The molecule has 0 saturated heterocycles. The van der Waals surface area contributed by atoms with Gasteiger partial charge in [0, 0.05) is 11.6 Å². The molecule has 0 amide bonds. The molecule has 1 aliphatic carbocycles. The van der Waals surface area contributed by atoms with Gasteiger partial charge in [0.05, 0.1) is 6.61 Å². The molecule has 2 aromatic carbocycles. The Kier molecular flexibility index (Phi) is 8.98. The third-order valence-corrected chi connectivity index (χ3v) is 6.59. The minimum Gasteiger partial charge on any atom is -0.494 e. The molecular weight excluding hydrogens is 433 g/mol. The number of allylic oxidation sites excluding steroid dienone is 4. The third kappa shape index (κ3) is 6.31. The second-order valence-corrected chi connectivity index (χ2v) is 8.87. The van der Waals surface area contributed by atoms with Crippen LogP contribution in [0, 0.1) is 17.6 Å². The van der Waals surface area contributed by atoms with Crippen LogP contribution in [0.3, 0.4) is 0 Å². The van der Waals surface area contributed by atoms with Crippen molar-refractivity contribution in [2.24, 2.45) is 5.92 Å². The summed E-state index contributed by atoms with van der Waals surface area (Å²) in [5.41, 5.74) is 2.65. The second kappa shape index (κ2) is 11.9. The lowest BCUT2D eigenvalue weighted by Gasteiger charge is -2.27. The number of benzene rings is 2. The molecule has 0 heterocycles. The lowest BCUT2D eigenvalue weighted by atomic mass is 9.78. The Morgan fingerprint density at radius 1 is 1.00 bits per heavy atom. The molecule has 0 atom stereocenters. The van der Waals surface area contributed by atoms with E-state index in [1.54, 1.807) is 31.2 Å². The van der Waals surface area contributed by atoms with Gasteiger partial charge in [-0.1, -0.05) is 55.6 Å². The van der Waals surface area contributed by atoms with Gasteiger partial charge < -0.3 is 4.74 Å². The molecule has 1 nitrogen and oxygen atoms in total. The monoisotopic (exact) mass is 466 g/mol. The predicted molar refractivity (Wildman–Crippen MR) is 134 cm³/mol. The summed E-state index contributed by atoms with van der Waals surface area (Å²) in [5, 5.41) is 0. The van der Waals surface area contributed by atoms with Crippen LogP contribution in [0.2, 0.25) is 0 Å². The maximum atomic E-state index is 15.0. The highest BCUT2D eigenvalue weighted by molar-refractivity contribution is 5.65. The van der Waals surface area contributed by atoms with Gasteiger partial charge in [-0.2, -0.15) is 0 Å². The lowest BCUT2D eigenvalue weighted by molar-refractivity contribution is 0.243. The first kappa shape index (κ1) is 25.6. The molecule has 0 radical (unpaired) electrons. The topological polar surface area (TPSA) is 9.23 Å². The molecule has 1 saturated carbocycles. The molecule has 2 aromatic rings. The summed E-state index contributed by atoms with van der Waals surface area (Å²) in [6, 6.07) is 10.7. The minimum absolute atomic E-state index is 0.0513. The number of hydrogen-bond acceptors (Lipinski definition) is 1. The number of aryl methyl sites for hydroxylation is 1. The Morgan fingerprint density at radius 3 is 2.29 bits per heavy atom. The van der Waals surface area contributed by atoms with Crippen molar-refractivity contribution in [1.29, 1.82) is 0 Å². The maximum Gasteiger partial charge on any atom is 0.166 e. The Morgan fingerprint density at radius 2 is 1.68 bits per heavy atom. The van der Waals surface area contributed by atoms with E-state index in [1.807, 2.05) is 18.2 Å². The van der Waals surface area contributed by atoms with Gasteiger partial charge in [-0.15, -0.1) is 6.58 Å². The molecule has 0 bridgehead atoms. The summed E-state index contributed by atoms with van der Waals surface area (Å²) in [6.45, 7) is 13.5. The first-order chi connectivity index (χ1) is 16.3. The number of rotatable bonds is 10. The van der Waals surface area contributed by atoms with Gasteiger partial charge >= 0.3 is 0 Å².